The quantitative estimate of drug-likeness (QED) is 0.438. The van der Waals surface area contributed by atoms with Gasteiger partial charge in [0.15, 0.2) is 0 Å². The van der Waals surface area contributed by atoms with Gasteiger partial charge in [0.25, 0.3) is 0 Å². The fourth-order valence-corrected chi connectivity index (χ4v) is 5.64. The number of fused-ring (bicyclic) bond motifs is 1. The number of anilines is 1. The van der Waals surface area contributed by atoms with Gasteiger partial charge in [0.05, 0.1) is 24.5 Å². The highest BCUT2D eigenvalue weighted by atomic mass is 16.5. The van der Waals surface area contributed by atoms with Gasteiger partial charge in [-0.1, -0.05) is 0 Å². The number of rotatable bonds is 5. The number of H-pyrrole nitrogens is 1. The number of likely N-dealkylation sites (tertiary alicyclic amines) is 1. The number of amides is 1. The first-order chi connectivity index (χ1) is 17.9. The molecule has 2 aliphatic rings. The second kappa shape index (κ2) is 8.72. The Hall–Kier alpha value is -4.21. The summed E-state index contributed by atoms with van der Waals surface area (Å²) in [7, 11) is 1.42. The lowest BCUT2D eigenvalue weighted by Crippen LogP contribution is -2.73. The van der Waals surface area contributed by atoms with Gasteiger partial charge in [0.1, 0.15) is 23.4 Å². The monoisotopic (exact) mass is 499 g/mol. The highest BCUT2D eigenvalue weighted by Gasteiger charge is 2.53. The molecule has 1 aromatic carbocycles. The van der Waals surface area contributed by atoms with Crippen molar-refractivity contribution in [2.45, 2.75) is 26.9 Å². The molecule has 2 saturated heterocycles. The zero-order chi connectivity index (χ0) is 25.7. The number of carbonyl (C=O) groups is 1. The zero-order valence-electron chi connectivity index (χ0n) is 21.4. The standard InChI is InChI=1S/C27H29N7O3/c1-16-10-29-30-17(2)24(16)18(3)37-20-6-7-22-21(9-20)25(32-31-22)19-5-8-23(28-11-19)33-12-27(13-33)14-34(15-27)26(35)36-4/h5-11,18H,12-15H2,1-4H3,(H,31,32). The number of benzene rings is 1. The third-order valence-corrected chi connectivity index (χ3v) is 7.41. The molecule has 1 unspecified atom stereocenters. The van der Waals surface area contributed by atoms with Crippen LogP contribution in [0.5, 0.6) is 5.75 Å². The Labute approximate surface area is 214 Å². The topological polar surface area (TPSA) is 109 Å². The lowest BCUT2D eigenvalue weighted by atomic mass is 9.73. The molecule has 0 aliphatic carbocycles. The number of aromatic amines is 1. The Bertz CT molecular complexity index is 1450. The van der Waals surface area contributed by atoms with E-state index in [0.717, 1.165) is 76.7 Å². The third kappa shape index (κ3) is 4.02. The maximum Gasteiger partial charge on any atom is 0.409 e. The summed E-state index contributed by atoms with van der Waals surface area (Å²) in [5.74, 6) is 1.69. The van der Waals surface area contributed by atoms with E-state index in [1.54, 1.807) is 11.1 Å². The lowest BCUT2D eigenvalue weighted by molar-refractivity contribution is -0.0153. The highest BCUT2D eigenvalue weighted by molar-refractivity contribution is 5.93. The first-order valence-corrected chi connectivity index (χ1v) is 12.3. The molecule has 190 valence electrons. The summed E-state index contributed by atoms with van der Waals surface area (Å²) >= 11 is 0. The van der Waals surface area contributed by atoms with Gasteiger partial charge < -0.3 is 19.3 Å². The molecule has 6 rings (SSSR count). The molecule has 10 nitrogen and oxygen atoms in total. The average molecular weight is 500 g/mol. The van der Waals surface area contributed by atoms with Crippen molar-refractivity contribution >= 4 is 22.8 Å². The van der Waals surface area contributed by atoms with E-state index in [2.05, 4.69) is 31.4 Å². The van der Waals surface area contributed by atoms with Crippen molar-refractivity contribution in [2.75, 3.05) is 38.2 Å². The molecule has 2 fully saturated rings. The van der Waals surface area contributed by atoms with Crippen LogP contribution in [0.15, 0.2) is 42.7 Å². The van der Waals surface area contributed by atoms with E-state index < -0.39 is 0 Å². The normalized spacial score (nSPS) is 16.9. The number of nitrogens with zero attached hydrogens (tertiary/aromatic N) is 6. The summed E-state index contributed by atoms with van der Waals surface area (Å²) in [5, 5.41) is 16.8. The van der Waals surface area contributed by atoms with Crippen LogP contribution in [0.2, 0.25) is 0 Å². The molecule has 4 aromatic rings. The summed E-state index contributed by atoms with van der Waals surface area (Å²) in [6.07, 6.45) is 3.21. The minimum atomic E-state index is -0.250. The Morgan fingerprint density at radius 2 is 1.92 bits per heavy atom. The average Bonchev–Trinajstić information content (AvgIpc) is 3.25. The number of hydrogen-bond acceptors (Lipinski definition) is 8. The van der Waals surface area contributed by atoms with E-state index in [-0.39, 0.29) is 17.6 Å². The van der Waals surface area contributed by atoms with Crippen LogP contribution in [0.4, 0.5) is 10.6 Å². The summed E-state index contributed by atoms with van der Waals surface area (Å²) in [6.45, 7) is 9.27. The molecule has 0 saturated carbocycles. The first kappa shape index (κ1) is 23.2. The minimum Gasteiger partial charge on any atom is -0.486 e. The van der Waals surface area contributed by atoms with E-state index >= 15 is 0 Å². The number of aromatic nitrogens is 5. The largest absolute Gasteiger partial charge is 0.486 e. The number of carbonyl (C=O) groups excluding carboxylic acids is 1. The van der Waals surface area contributed by atoms with Crippen LogP contribution in [0.25, 0.3) is 22.2 Å². The molecule has 0 bridgehead atoms. The molecule has 1 N–H and O–H groups in total. The van der Waals surface area contributed by atoms with E-state index in [9.17, 15) is 4.79 Å². The molecular formula is C27H29N7O3. The number of methoxy groups -OCH3 is 1. The lowest BCUT2D eigenvalue weighted by Gasteiger charge is -2.59. The van der Waals surface area contributed by atoms with Crippen molar-refractivity contribution in [3.8, 4) is 17.0 Å². The van der Waals surface area contributed by atoms with Crippen molar-refractivity contribution in [2.24, 2.45) is 5.41 Å². The van der Waals surface area contributed by atoms with Gasteiger partial charge in [0, 0.05) is 54.3 Å². The predicted molar refractivity (Wildman–Crippen MR) is 138 cm³/mol. The van der Waals surface area contributed by atoms with Crippen molar-refractivity contribution in [3.05, 3.63) is 59.5 Å². The maximum atomic E-state index is 11.6. The second-order valence-corrected chi connectivity index (χ2v) is 10.2. The van der Waals surface area contributed by atoms with Crippen LogP contribution >= 0.6 is 0 Å². The molecule has 37 heavy (non-hydrogen) atoms. The van der Waals surface area contributed by atoms with Gasteiger partial charge in [-0.05, 0) is 56.7 Å². The maximum absolute atomic E-state index is 11.6. The van der Waals surface area contributed by atoms with Gasteiger partial charge in [-0.3, -0.25) is 5.10 Å². The second-order valence-electron chi connectivity index (χ2n) is 10.2. The minimum absolute atomic E-state index is 0.167. The van der Waals surface area contributed by atoms with Crippen LogP contribution < -0.4 is 9.64 Å². The first-order valence-electron chi connectivity index (χ1n) is 12.3. The fourth-order valence-electron chi connectivity index (χ4n) is 5.64. The molecule has 5 heterocycles. The van der Waals surface area contributed by atoms with Crippen molar-refractivity contribution in [3.63, 3.8) is 0 Å². The molecule has 1 atom stereocenters. The van der Waals surface area contributed by atoms with Gasteiger partial charge in [-0.15, -0.1) is 0 Å². The number of pyridine rings is 1. The summed E-state index contributed by atoms with van der Waals surface area (Å²) in [4.78, 5) is 20.3. The molecule has 3 aromatic heterocycles. The van der Waals surface area contributed by atoms with Crippen LogP contribution in [0.3, 0.4) is 0 Å². The third-order valence-electron chi connectivity index (χ3n) is 7.41. The van der Waals surface area contributed by atoms with Crippen molar-refractivity contribution in [1.82, 2.24) is 30.3 Å². The van der Waals surface area contributed by atoms with Crippen LogP contribution in [-0.2, 0) is 4.74 Å². The molecular weight excluding hydrogens is 470 g/mol. The van der Waals surface area contributed by atoms with E-state index in [1.165, 1.54) is 7.11 Å². The van der Waals surface area contributed by atoms with Crippen LogP contribution in [-0.4, -0.2) is 69.7 Å². The van der Waals surface area contributed by atoms with Gasteiger partial charge in [0.2, 0.25) is 0 Å². The Morgan fingerprint density at radius 1 is 1.11 bits per heavy atom. The number of ether oxygens (including phenoxy) is 2. The molecule has 0 radical (unpaired) electrons. The van der Waals surface area contributed by atoms with Gasteiger partial charge >= 0.3 is 6.09 Å². The summed E-state index contributed by atoms with van der Waals surface area (Å²) < 4.78 is 11.1. The van der Waals surface area contributed by atoms with Crippen molar-refractivity contribution in [1.29, 1.82) is 0 Å². The van der Waals surface area contributed by atoms with Gasteiger partial charge in [-0.2, -0.15) is 15.3 Å². The number of hydrogen-bond donors (Lipinski definition) is 1. The number of aryl methyl sites for hydroxylation is 2. The predicted octanol–water partition coefficient (Wildman–Crippen LogP) is 4.06. The molecule has 2 aliphatic heterocycles. The van der Waals surface area contributed by atoms with Gasteiger partial charge in [-0.25, -0.2) is 9.78 Å². The highest BCUT2D eigenvalue weighted by Crippen LogP contribution is 2.42. The van der Waals surface area contributed by atoms with Crippen LogP contribution in [0, 0.1) is 19.3 Å². The van der Waals surface area contributed by atoms with Crippen molar-refractivity contribution < 1.29 is 14.3 Å². The summed E-state index contributed by atoms with van der Waals surface area (Å²) in [6, 6.07) is 10.0. The zero-order valence-corrected chi connectivity index (χ0v) is 21.4. The van der Waals surface area contributed by atoms with E-state index in [0.29, 0.717) is 0 Å². The molecule has 1 amide bonds. The fraction of sp³-hybridized carbons (Fsp3) is 0.370. The Kier molecular flexibility index (Phi) is 5.47. The number of nitrogens with one attached hydrogen (secondary N) is 1. The Morgan fingerprint density at radius 3 is 2.62 bits per heavy atom. The molecule has 10 heteroatoms. The van der Waals surface area contributed by atoms with E-state index in [1.807, 2.05) is 51.2 Å². The SMILES string of the molecule is COC(=O)N1CC2(C1)CN(c1ccc(-c3n[nH]c4ccc(OC(C)c5c(C)cnnc5C)cc34)cn1)C2. The van der Waals surface area contributed by atoms with E-state index in [4.69, 9.17) is 14.5 Å². The Balaban J connectivity index is 1.16. The smallest absolute Gasteiger partial charge is 0.409 e. The molecule has 1 spiro atoms. The summed E-state index contributed by atoms with van der Waals surface area (Å²) in [5.41, 5.74) is 5.84. The van der Waals surface area contributed by atoms with Crippen LogP contribution in [0.1, 0.15) is 29.8 Å².